The average molecular weight is 591 g/mol. The van der Waals surface area contributed by atoms with E-state index in [1.807, 2.05) is 36.4 Å². The zero-order valence-corrected chi connectivity index (χ0v) is 23.5. The lowest BCUT2D eigenvalue weighted by Crippen LogP contribution is -2.54. The van der Waals surface area contributed by atoms with E-state index in [0.717, 1.165) is 15.3 Å². The summed E-state index contributed by atoms with van der Waals surface area (Å²) in [5, 5.41) is 5.95. The SMILES string of the molecule is O=C(NC(COCc1ccccc1)C(=O)NC1CCCN(S(=O)(=O)c2ccccn2)CC1=O)c1cc2ccccc2o1. The molecule has 2 amide bonds. The number of ether oxygens (including phenoxy) is 1. The lowest BCUT2D eigenvalue weighted by molar-refractivity contribution is -0.129. The fourth-order valence-corrected chi connectivity index (χ4v) is 6.01. The summed E-state index contributed by atoms with van der Waals surface area (Å²) in [6.45, 7) is -0.282. The molecule has 2 aromatic heterocycles. The number of ketones is 1. The van der Waals surface area contributed by atoms with E-state index in [4.69, 9.17) is 9.15 Å². The third-order valence-electron chi connectivity index (χ3n) is 6.85. The minimum atomic E-state index is -3.98. The molecule has 0 spiro atoms. The predicted molar refractivity (Wildman–Crippen MR) is 153 cm³/mol. The molecule has 218 valence electrons. The maximum absolute atomic E-state index is 13.4. The van der Waals surface area contributed by atoms with Crippen molar-refractivity contribution < 1.29 is 32.0 Å². The molecule has 2 aromatic carbocycles. The van der Waals surface area contributed by atoms with Crippen LogP contribution in [0.15, 0.2) is 94.5 Å². The number of amides is 2. The maximum atomic E-state index is 13.4. The zero-order valence-electron chi connectivity index (χ0n) is 22.6. The minimum Gasteiger partial charge on any atom is -0.451 e. The molecular formula is C30H30N4O7S. The summed E-state index contributed by atoms with van der Waals surface area (Å²) in [6, 6.07) is 20.5. The van der Waals surface area contributed by atoms with Gasteiger partial charge in [0.1, 0.15) is 11.6 Å². The van der Waals surface area contributed by atoms with E-state index in [0.29, 0.717) is 12.0 Å². The first-order valence-electron chi connectivity index (χ1n) is 13.5. The van der Waals surface area contributed by atoms with Gasteiger partial charge < -0.3 is 19.8 Å². The lowest BCUT2D eigenvalue weighted by atomic mass is 10.1. The van der Waals surface area contributed by atoms with E-state index in [2.05, 4.69) is 15.6 Å². The van der Waals surface area contributed by atoms with Crippen LogP contribution < -0.4 is 10.6 Å². The number of benzene rings is 2. The molecule has 1 saturated heterocycles. The molecule has 2 unspecified atom stereocenters. The van der Waals surface area contributed by atoms with Crippen LogP contribution in [0.2, 0.25) is 0 Å². The van der Waals surface area contributed by atoms with Crippen molar-refractivity contribution in [3.8, 4) is 0 Å². The van der Waals surface area contributed by atoms with Gasteiger partial charge in [-0.25, -0.2) is 13.4 Å². The number of furan rings is 1. The van der Waals surface area contributed by atoms with Crippen LogP contribution >= 0.6 is 0 Å². The largest absolute Gasteiger partial charge is 0.451 e. The number of nitrogens with zero attached hydrogens (tertiary/aromatic N) is 2. The highest BCUT2D eigenvalue weighted by Gasteiger charge is 2.35. The monoisotopic (exact) mass is 590 g/mol. The Morgan fingerprint density at radius 1 is 1.05 bits per heavy atom. The van der Waals surface area contributed by atoms with E-state index >= 15 is 0 Å². The first-order valence-corrected chi connectivity index (χ1v) is 14.9. The molecule has 2 N–H and O–H groups in total. The Hall–Kier alpha value is -4.39. The summed E-state index contributed by atoms with van der Waals surface area (Å²) < 4.78 is 38.5. The number of carbonyl (C=O) groups is 3. The van der Waals surface area contributed by atoms with Gasteiger partial charge in [-0.05, 0) is 42.7 Å². The van der Waals surface area contributed by atoms with Gasteiger partial charge >= 0.3 is 0 Å². The second kappa shape index (κ2) is 13.1. The van der Waals surface area contributed by atoms with Crippen molar-refractivity contribution in [1.29, 1.82) is 0 Å². The van der Waals surface area contributed by atoms with Crippen LogP contribution in [-0.4, -0.2) is 67.1 Å². The molecule has 0 saturated carbocycles. The van der Waals surface area contributed by atoms with E-state index in [1.165, 1.54) is 12.3 Å². The summed E-state index contributed by atoms with van der Waals surface area (Å²) in [5.74, 6) is -1.69. The Labute approximate surface area is 242 Å². The first kappa shape index (κ1) is 29.1. The lowest BCUT2D eigenvalue weighted by Gasteiger charge is -2.22. The zero-order chi connectivity index (χ0) is 29.5. The highest BCUT2D eigenvalue weighted by atomic mass is 32.2. The smallest absolute Gasteiger partial charge is 0.287 e. The number of sulfonamides is 1. The van der Waals surface area contributed by atoms with Crippen LogP contribution in [-0.2, 0) is 31.0 Å². The van der Waals surface area contributed by atoms with E-state index < -0.39 is 46.2 Å². The number of rotatable bonds is 10. The van der Waals surface area contributed by atoms with Crippen LogP contribution in [0, 0.1) is 0 Å². The summed E-state index contributed by atoms with van der Waals surface area (Å²) in [5.41, 5.74) is 1.41. The molecule has 0 aliphatic carbocycles. The van der Waals surface area contributed by atoms with Crippen LogP contribution in [0.5, 0.6) is 0 Å². The fraction of sp³-hybridized carbons (Fsp3) is 0.267. The van der Waals surface area contributed by atoms with Gasteiger partial charge in [0, 0.05) is 18.1 Å². The fourth-order valence-electron chi connectivity index (χ4n) is 4.63. The maximum Gasteiger partial charge on any atom is 0.287 e. The molecule has 0 radical (unpaired) electrons. The van der Waals surface area contributed by atoms with Gasteiger partial charge in [-0.15, -0.1) is 0 Å². The number of para-hydroxylation sites is 1. The van der Waals surface area contributed by atoms with Crippen LogP contribution in [0.1, 0.15) is 29.0 Å². The molecular weight excluding hydrogens is 560 g/mol. The highest BCUT2D eigenvalue weighted by Crippen LogP contribution is 2.20. The molecule has 1 fully saturated rings. The number of carbonyl (C=O) groups excluding carboxylic acids is 3. The Kier molecular flexibility index (Phi) is 9.06. The number of hydrogen-bond acceptors (Lipinski definition) is 8. The van der Waals surface area contributed by atoms with Gasteiger partial charge in [0.05, 0.1) is 25.8 Å². The van der Waals surface area contributed by atoms with E-state index in [9.17, 15) is 22.8 Å². The third-order valence-corrected chi connectivity index (χ3v) is 8.61. The number of nitrogens with one attached hydrogen (secondary N) is 2. The number of pyridine rings is 1. The quantitative estimate of drug-likeness (QED) is 0.287. The molecule has 3 heterocycles. The Balaban J connectivity index is 1.27. The number of hydrogen-bond donors (Lipinski definition) is 2. The first-order chi connectivity index (χ1) is 20.3. The number of fused-ring (bicyclic) bond motifs is 1. The van der Waals surface area contributed by atoms with Gasteiger partial charge in [0.2, 0.25) is 5.91 Å². The molecule has 1 aliphatic rings. The third kappa shape index (κ3) is 6.90. The molecule has 1 aliphatic heterocycles. The molecule has 42 heavy (non-hydrogen) atoms. The van der Waals surface area contributed by atoms with Crippen molar-refractivity contribution in [2.75, 3.05) is 19.7 Å². The predicted octanol–water partition coefficient (Wildman–Crippen LogP) is 2.68. The van der Waals surface area contributed by atoms with E-state index in [-0.39, 0.29) is 37.0 Å². The average Bonchev–Trinajstić information content (AvgIpc) is 3.36. The molecule has 4 aromatic rings. The highest BCUT2D eigenvalue weighted by molar-refractivity contribution is 7.89. The summed E-state index contributed by atoms with van der Waals surface area (Å²) in [7, 11) is -3.98. The topological polar surface area (TPSA) is 148 Å². The van der Waals surface area contributed by atoms with Gasteiger partial charge in [-0.1, -0.05) is 54.6 Å². The molecule has 12 heteroatoms. The van der Waals surface area contributed by atoms with Crippen molar-refractivity contribution in [3.05, 3.63) is 96.4 Å². The van der Waals surface area contributed by atoms with Gasteiger partial charge in [0.25, 0.3) is 15.9 Å². The second-order valence-corrected chi connectivity index (χ2v) is 11.7. The van der Waals surface area contributed by atoms with Gasteiger partial charge in [-0.2, -0.15) is 4.31 Å². The number of aromatic nitrogens is 1. The van der Waals surface area contributed by atoms with Crippen molar-refractivity contribution >= 4 is 38.6 Å². The Morgan fingerprint density at radius 3 is 2.57 bits per heavy atom. The molecule has 5 rings (SSSR count). The van der Waals surface area contributed by atoms with Crippen molar-refractivity contribution in [2.45, 2.75) is 36.6 Å². The minimum absolute atomic E-state index is 0.0259. The normalized spacial score (nSPS) is 17.0. The number of Topliss-reactive ketones (excluding diaryl/α,β-unsaturated/α-hetero) is 1. The van der Waals surface area contributed by atoms with Crippen LogP contribution in [0.3, 0.4) is 0 Å². The van der Waals surface area contributed by atoms with Gasteiger partial charge in [-0.3, -0.25) is 14.4 Å². The van der Waals surface area contributed by atoms with Crippen molar-refractivity contribution in [2.24, 2.45) is 0 Å². The summed E-state index contributed by atoms with van der Waals surface area (Å²) in [4.78, 5) is 43.5. The summed E-state index contributed by atoms with van der Waals surface area (Å²) >= 11 is 0. The Bertz CT molecular complexity index is 1630. The molecule has 2 atom stereocenters. The second-order valence-electron chi connectivity index (χ2n) is 9.85. The van der Waals surface area contributed by atoms with Crippen molar-refractivity contribution in [1.82, 2.24) is 19.9 Å². The van der Waals surface area contributed by atoms with Crippen molar-refractivity contribution in [3.63, 3.8) is 0 Å². The van der Waals surface area contributed by atoms with Crippen LogP contribution in [0.4, 0.5) is 0 Å². The Morgan fingerprint density at radius 2 is 1.81 bits per heavy atom. The van der Waals surface area contributed by atoms with E-state index in [1.54, 1.807) is 36.4 Å². The molecule has 11 nitrogen and oxygen atoms in total. The molecule has 0 bridgehead atoms. The standard InChI is InChI=1S/C30H30N4O7S/c35-25-18-34(42(38,39)28-14-6-7-15-31-28)16-8-12-23(25)32-29(36)24(20-40-19-21-9-2-1-3-10-21)33-30(37)27-17-22-11-4-5-13-26(22)41-27/h1-7,9-11,13-15,17,23-24H,8,12,16,18-20H2,(H,32,36)(H,33,37). The van der Waals surface area contributed by atoms with Crippen LogP contribution in [0.25, 0.3) is 11.0 Å². The van der Waals surface area contributed by atoms with Gasteiger partial charge in [0.15, 0.2) is 16.6 Å². The summed E-state index contributed by atoms with van der Waals surface area (Å²) in [6.07, 6.45) is 1.94.